The number of rotatable bonds is 6. The van der Waals surface area contributed by atoms with E-state index in [9.17, 15) is 0 Å². The van der Waals surface area contributed by atoms with E-state index in [1.807, 2.05) is 0 Å². The van der Waals surface area contributed by atoms with Gasteiger partial charge < -0.3 is 40.1 Å². The third-order valence-electron chi connectivity index (χ3n) is 1.36. The number of hydrogen-bond acceptors (Lipinski definition) is 7. The molecule has 0 fully saturated rings. The zero-order chi connectivity index (χ0) is 15.6. The van der Waals surface area contributed by atoms with Gasteiger partial charge in [0.2, 0.25) is 17.9 Å². The van der Waals surface area contributed by atoms with Crippen molar-refractivity contribution in [2.45, 2.75) is 5.54 Å². The third-order valence-corrected chi connectivity index (χ3v) is 1.36. The van der Waals surface area contributed by atoms with Crippen LogP contribution < -0.4 is 40.1 Å². The quantitative estimate of drug-likeness (QED) is 0.142. The van der Waals surface area contributed by atoms with E-state index in [1.165, 1.54) is 0 Å². The van der Waals surface area contributed by atoms with E-state index in [2.05, 4.69) is 30.6 Å². The average molecular weight is 283 g/mol. The molecule has 0 aliphatic rings. The van der Waals surface area contributed by atoms with Gasteiger partial charge in [0.05, 0.1) is 18.6 Å². The van der Waals surface area contributed by atoms with Gasteiger partial charge in [-0.15, -0.1) is 15.3 Å². The molecule has 14 N–H and O–H groups in total. The largest absolute Gasteiger partial charge is 0.369 e. The molecule has 20 heavy (non-hydrogen) atoms. The molecule has 0 atom stereocenters. The Labute approximate surface area is 114 Å². The first-order valence-electron chi connectivity index (χ1n) is 4.93. The SMILES string of the molecule is NC(N)=NN=CC(N)(C=NN=C(N)N)C=NN=C(N)N. The molecule has 0 bridgehead atoms. The number of hydrogen-bond donors (Lipinski definition) is 7. The molecule has 0 spiro atoms. The lowest BCUT2D eigenvalue weighted by Gasteiger charge is -2.11. The summed E-state index contributed by atoms with van der Waals surface area (Å²) in [6, 6.07) is 0. The molecule has 0 amide bonds. The van der Waals surface area contributed by atoms with Gasteiger partial charge in [0.25, 0.3) is 0 Å². The Morgan fingerprint density at radius 2 is 0.850 bits per heavy atom. The summed E-state index contributed by atoms with van der Waals surface area (Å²) >= 11 is 0. The third kappa shape index (κ3) is 8.88. The van der Waals surface area contributed by atoms with Gasteiger partial charge >= 0.3 is 0 Å². The summed E-state index contributed by atoms with van der Waals surface area (Å²) in [5, 5.41) is 20.7. The van der Waals surface area contributed by atoms with Crippen molar-refractivity contribution >= 4 is 36.5 Å². The Morgan fingerprint density at radius 3 is 1.05 bits per heavy atom. The van der Waals surface area contributed by atoms with Crippen LogP contribution in [0.25, 0.3) is 0 Å². The minimum atomic E-state index is -1.42. The van der Waals surface area contributed by atoms with Crippen molar-refractivity contribution in [3.8, 4) is 0 Å². The first-order valence-corrected chi connectivity index (χ1v) is 4.93. The van der Waals surface area contributed by atoms with E-state index in [4.69, 9.17) is 40.1 Å². The molecule has 110 valence electrons. The molecule has 0 heterocycles. The van der Waals surface area contributed by atoms with Gasteiger partial charge in [-0.05, 0) is 0 Å². The van der Waals surface area contributed by atoms with Crippen molar-refractivity contribution in [3.63, 3.8) is 0 Å². The minimum Gasteiger partial charge on any atom is -0.369 e. The molecular formula is C7H17N13. The van der Waals surface area contributed by atoms with Crippen LogP contribution in [-0.4, -0.2) is 42.1 Å². The molecule has 13 nitrogen and oxygen atoms in total. The van der Waals surface area contributed by atoms with Crippen molar-refractivity contribution in [3.05, 3.63) is 0 Å². The molecule has 0 saturated heterocycles. The first kappa shape index (κ1) is 16.8. The Balaban J connectivity index is 5.22. The van der Waals surface area contributed by atoms with Gasteiger partial charge in [-0.3, -0.25) is 0 Å². The minimum absolute atomic E-state index is 0.258. The van der Waals surface area contributed by atoms with Crippen molar-refractivity contribution in [1.82, 2.24) is 0 Å². The Morgan fingerprint density at radius 1 is 0.600 bits per heavy atom. The van der Waals surface area contributed by atoms with Crippen LogP contribution >= 0.6 is 0 Å². The Hall–Kier alpha value is -3.22. The fourth-order valence-corrected chi connectivity index (χ4v) is 0.687. The van der Waals surface area contributed by atoms with Gasteiger partial charge in [-0.1, -0.05) is 0 Å². The summed E-state index contributed by atoms with van der Waals surface area (Å²) in [6.07, 6.45) is 3.35. The second kappa shape index (κ2) is 7.98. The lowest BCUT2D eigenvalue weighted by Crippen LogP contribution is -2.45. The van der Waals surface area contributed by atoms with E-state index in [-0.39, 0.29) is 17.9 Å². The van der Waals surface area contributed by atoms with Crippen molar-refractivity contribution in [1.29, 1.82) is 0 Å². The highest BCUT2D eigenvalue weighted by Crippen LogP contribution is 1.92. The monoisotopic (exact) mass is 283 g/mol. The molecule has 0 radical (unpaired) electrons. The molecule has 0 rings (SSSR count). The molecule has 0 aromatic heterocycles. The van der Waals surface area contributed by atoms with Crippen LogP contribution in [0.2, 0.25) is 0 Å². The molecule has 0 saturated carbocycles. The average Bonchev–Trinajstić information content (AvgIpc) is 2.27. The topological polar surface area (TPSA) is 256 Å². The van der Waals surface area contributed by atoms with Gasteiger partial charge in [0.1, 0.15) is 5.54 Å². The van der Waals surface area contributed by atoms with Crippen LogP contribution in [0.1, 0.15) is 0 Å². The van der Waals surface area contributed by atoms with Crippen molar-refractivity contribution in [2.75, 3.05) is 0 Å². The highest BCUT2D eigenvalue weighted by Gasteiger charge is 2.18. The fourth-order valence-electron chi connectivity index (χ4n) is 0.687. The second-order valence-corrected chi connectivity index (χ2v) is 3.31. The van der Waals surface area contributed by atoms with Crippen molar-refractivity contribution in [2.24, 2.45) is 70.7 Å². The molecule has 0 aromatic carbocycles. The maximum Gasteiger partial charge on any atom is 0.211 e. The first-order chi connectivity index (χ1) is 9.25. The number of nitrogens with zero attached hydrogens (tertiary/aromatic N) is 6. The van der Waals surface area contributed by atoms with E-state index in [0.717, 1.165) is 18.6 Å². The van der Waals surface area contributed by atoms with Crippen LogP contribution in [0, 0.1) is 0 Å². The van der Waals surface area contributed by atoms with E-state index in [1.54, 1.807) is 0 Å². The molecular weight excluding hydrogens is 266 g/mol. The van der Waals surface area contributed by atoms with Gasteiger partial charge in [0, 0.05) is 0 Å². The molecule has 0 aromatic rings. The summed E-state index contributed by atoms with van der Waals surface area (Å²) in [6.45, 7) is 0. The smallest absolute Gasteiger partial charge is 0.211 e. The van der Waals surface area contributed by atoms with Crippen LogP contribution in [0.4, 0.5) is 0 Å². The van der Waals surface area contributed by atoms with E-state index < -0.39 is 5.54 Å². The van der Waals surface area contributed by atoms with Gasteiger partial charge in [0.15, 0.2) is 0 Å². The highest BCUT2D eigenvalue weighted by atomic mass is 15.3. The Bertz CT molecular complexity index is 400. The fraction of sp³-hybridized carbons (Fsp3) is 0.143. The lowest BCUT2D eigenvalue weighted by molar-refractivity contribution is 1.000. The van der Waals surface area contributed by atoms with Gasteiger partial charge in [-0.25, -0.2) is 0 Å². The normalized spacial score (nSPS) is 14.2. The van der Waals surface area contributed by atoms with Crippen LogP contribution in [0.3, 0.4) is 0 Å². The van der Waals surface area contributed by atoms with E-state index in [0.29, 0.717) is 0 Å². The maximum atomic E-state index is 5.86. The summed E-state index contributed by atoms with van der Waals surface area (Å²) < 4.78 is 0. The summed E-state index contributed by atoms with van der Waals surface area (Å²) in [5.41, 5.74) is 35.0. The molecule has 0 aliphatic carbocycles. The maximum absolute atomic E-state index is 5.86. The molecule has 0 aliphatic heterocycles. The standard InChI is InChI=1S/C7H17N13/c8-4(9)18-15-1-7(14,2-16-19-5(10)11)3-17-20-6(12)13/h1-3H,14H2,(H4,8,9,18)(H4,10,11,19)(H4,12,13,20). The van der Waals surface area contributed by atoms with Crippen LogP contribution in [-0.2, 0) is 0 Å². The summed E-state index contributed by atoms with van der Waals surface area (Å²) in [4.78, 5) is 0. The zero-order valence-corrected chi connectivity index (χ0v) is 10.5. The number of nitrogens with two attached hydrogens (primary N) is 7. The zero-order valence-electron chi connectivity index (χ0n) is 10.5. The summed E-state index contributed by atoms with van der Waals surface area (Å²) in [5.74, 6) is -0.775. The molecule has 0 unspecified atom stereocenters. The lowest BCUT2D eigenvalue weighted by atomic mass is 10.1. The van der Waals surface area contributed by atoms with Gasteiger partial charge in [-0.2, -0.15) is 15.3 Å². The summed E-state index contributed by atoms with van der Waals surface area (Å²) in [7, 11) is 0. The van der Waals surface area contributed by atoms with Crippen LogP contribution in [0.15, 0.2) is 30.6 Å². The van der Waals surface area contributed by atoms with E-state index >= 15 is 0 Å². The van der Waals surface area contributed by atoms with Crippen LogP contribution in [0.5, 0.6) is 0 Å². The number of guanidine groups is 3. The molecule has 13 heteroatoms. The predicted molar refractivity (Wildman–Crippen MR) is 79.8 cm³/mol. The second-order valence-electron chi connectivity index (χ2n) is 3.31. The van der Waals surface area contributed by atoms with Crippen molar-refractivity contribution < 1.29 is 0 Å². The Kier molecular flexibility index (Phi) is 6.70. The predicted octanol–water partition coefficient (Wildman–Crippen LogP) is -4.54. The highest BCUT2D eigenvalue weighted by molar-refractivity contribution is 6.12.